The van der Waals surface area contributed by atoms with E-state index in [4.69, 9.17) is 4.74 Å². The molecular formula is C17H26N4O. The summed E-state index contributed by atoms with van der Waals surface area (Å²) >= 11 is 0. The zero-order valence-electron chi connectivity index (χ0n) is 14.3. The first-order chi connectivity index (χ1) is 10.5. The molecule has 0 saturated carbocycles. The van der Waals surface area contributed by atoms with E-state index < -0.39 is 0 Å². The molecule has 1 aromatic heterocycles. The fourth-order valence-corrected chi connectivity index (χ4v) is 2.95. The summed E-state index contributed by atoms with van der Waals surface area (Å²) in [6.45, 7) is 12.7. The van der Waals surface area contributed by atoms with Crippen molar-refractivity contribution in [2.45, 2.75) is 33.7 Å². The Morgan fingerprint density at radius 2 is 1.91 bits per heavy atom. The first-order valence-electron chi connectivity index (χ1n) is 7.86. The number of pyridine rings is 1. The molecule has 0 bridgehead atoms. The third kappa shape index (κ3) is 3.40. The summed E-state index contributed by atoms with van der Waals surface area (Å²) in [6.07, 6.45) is 0. The third-order valence-corrected chi connectivity index (χ3v) is 4.66. The quantitative estimate of drug-likeness (QED) is 0.852. The lowest BCUT2D eigenvalue weighted by atomic mass is 10.0. The molecule has 120 valence electrons. The molecule has 5 heteroatoms. The van der Waals surface area contributed by atoms with Crippen molar-refractivity contribution >= 4 is 5.82 Å². The second-order valence-corrected chi connectivity index (χ2v) is 6.14. The van der Waals surface area contributed by atoms with Crippen LogP contribution in [0, 0.1) is 32.1 Å². The molecule has 1 aliphatic rings. The molecule has 0 aromatic carbocycles. The lowest BCUT2D eigenvalue weighted by Crippen LogP contribution is -2.47. The number of anilines is 1. The minimum atomic E-state index is 0.407. The lowest BCUT2D eigenvalue weighted by Gasteiger charge is -2.35. The molecule has 2 rings (SSSR count). The van der Waals surface area contributed by atoms with Crippen LogP contribution in [0.3, 0.4) is 0 Å². The standard InChI is InChI=1S/C17H26N4O/c1-12(21-6-8-22-9-7-21)11-20(5)17-16(10-18)14(3)13(2)15(4)19-17/h12H,6-9,11H2,1-5H3/t12-/m0/s1. The minimum absolute atomic E-state index is 0.407. The molecular weight excluding hydrogens is 276 g/mol. The van der Waals surface area contributed by atoms with Gasteiger partial charge in [0.05, 0.1) is 18.8 Å². The van der Waals surface area contributed by atoms with Gasteiger partial charge in [-0.25, -0.2) is 4.98 Å². The van der Waals surface area contributed by atoms with Gasteiger partial charge in [-0.15, -0.1) is 0 Å². The number of morpholine rings is 1. The Bertz CT molecular complexity index is 573. The van der Waals surface area contributed by atoms with Crippen LogP contribution in [0.1, 0.15) is 29.3 Å². The zero-order chi connectivity index (χ0) is 16.3. The SMILES string of the molecule is Cc1nc(N(C)C[C@H](C)N2CCOCC2)c(C#N)c(C)c1C. The van der Waals surface area contributed by atoms with Crippen molar-refractivity contribution in [2.24, 2.45) is 0 Å². The van der Waals surface area contributed by atoms with E-state index in [1.165, 1.54) is 0 Å². The maximum absolute atomic E-state index is 9.50. The molecule has 0 unspecified atom stereocenters. The summed E-state index contributed by atoms with van der Waals surface area (Å²) in [6, 6.07) is 2.73. The van der Waals surface area contributed by atoms with Gasteiger partial charge in [0.25, 0.3) is 0 Å². The van der Waals surface area contributed by atoms with Crippen LogP contribution in [0.25, 0.3) is 0 Å². The van der Waals surface area contributed by atoms with Crippen LogP contribution in [0.4, 0.5) is 5.82 Å². The molecule has 1 aliphatic heterocycles. The van der Waals surface area contributed by atoms with E-state index in [1.807, 2.05) is 27.8 Å². The highest BCUT2D eigenvalue weighted by Crippen LogP contribution is 2.25. The molecule has 1 atom stereocenters. The van der Waals surface area contributed by atoms with Crippen molar-refractivity contribution in [1.82, 2.24) is 9.88 Å². The number of hydrogen-bond acceptors (Lipinski definition) is 5. The van der Waals surface area contributed by atoms with Crippen molar-refractivity contribution in [2.75, 3.05) is 44.8 Å². The Labute approximate surface area is 133 Å². The van der Waals surface area contributed by atoms with Crippen LogP contribution in [0.2, 0.25) is 0 Å². The number of ether oxygens (including phenoxy) is 1. The highest BCUT2D eigenvalue weighted by molar-refractivity contribution is 5.60. The van der Waals surface area contributed by atoms with Crippen molar-refractivity contribution in [1.29, 1.82) is 5.26 Å². The fraction of sp³-hybridized carbons (Fsp3) is 0.647. The van der Waals surface area contributed by atoms with Gasteiger partial charge >= 0.3 is 0 Å². The van der Waals surface area contributed by atoms with Crippen LogP contribution in [0.15, 0.2) is 0 Å². The zero-order valence-corrected chi connectivity index (χ0v) is 14.3. The predicted molar refractivity (Wildman–Crippen MR) is 88.3 cm³/mol. The molecule has 1 aromatic rings. The number of hydrogen-bond donors (Lipinski definition) is 0. The van der Waals surface area contributed by atoms with Gasteiger partial charge < -0.3 is 9.64 Å². The van der Waals surface area contributed by atoms with Crippen LogP contribution >= 0.6 is 0 Å². The van der Waals surface area contributed by atoms with Crippen LogP contribution in [-0.2, 0) is 4.74 Å². The van der Waals surface area contributed by atoms with Gasteiger partial charge in [-0.05, 0) is 38.8 Å². The van der Waals surface area contributed by atoms with Crippen LogP contribution in [-0.4, -0.2) is 55.8 Å². The number of nitrogens with zero attached hydrogens (tertiary/aromatic N) is 4. The van der Waals surface area contributed by atoms with Crippen molar-refractivity contribution in [3.05, 3.63) is 22.4 Å². The van der Waals surface area contributed by atoms with Gasteiger partial charge in [0.15, 0.2) is 0 Å². The average molecular weight is 302 g/mol. The molecule has 0 radical (unpaired) electrons. The number of nitriles is 1. The van der Waals surface area contributed by atoms with Gasteiger partial charge in [-0.3, -0.25) is 4.90 Å². The maximum atomic E-state index is 9.50. The van der Waals surface area contributed by atoms with E-state index in [9.17, 15) is 5.26 Å². The molecule has 0 amide bonds. The summed E-state index contributed by atoms with van der Waals surface area (Å²) in [5, 5.41) is 9.50. The van der Waals surface area contributed by atoms with E-state index in [2.05, 4.69) is 27.8 Å². The Morgan fingerprint density at radius 3 is 2.50 bits per heavy atom. The highest BCUT2D eigenvalue weighted by Gasteiger charge is 2.21. The summed E-state index contributed by atoms with van der Waals surface area (Å²) in [7, 11) is 2.02. The summed E-state index contributed by atoms with van der Waals surface area (Å²) in [5.74, 6) is 0.795. The molecule has 0 N–H and O–H groups in total. The average Bonchev–Trinajstić information content (AvgIpc) is 2.53. The number of aromatic nitrogens is 1. The maximum Gasteiger partial charge on any atom is 0.146 e. The fourth-order valence-electron chi connectivity index (χ4n) is 2.95. The van der Waals surface area contributed by atoms with E-state index in [-0.39, 0.29) is 0 Å². The molecule has 0 spiro atoms. The monoisotopic (exact) mass is 302 g/mol. The molecule has 1 fully saturated rings. The smallest absolute Gasteiger partial charge is 0.146 e. The van der Waals surface area contributed by atoms with Gasteiger partial charge in [0.2, 0.25) is 0 Å². The summed E-state index contributed by atoms with van der Waals surface area (Å²) in [5.41, 5.74) is 3.84. The minimum Gasteiger partial charge on any atom is -0.379 e. The van der Waals surface area contributed by atoms with Crippen molar-refractivity contribution < 1.29 is 4.74 Å². The van der Waals surface area contributed by atoms with Crippen LogP contribution < -0.4 is 4.90 Å². The number of aryl methyl sites for hydroxylation is 1. The largest absolute Gasteiger partial charge is 0.379 e. The number of rotatable bonds is 4. The van der Waals surface area contributed by atoms with Crippen molar-refractivity contribution in [3.8, 4) is 6.07 Å². The van der Waals surface area contributed by atoms with E-state index in [0.29, 0.717) is 11.6 Å². The number of likely N-dealkylation sites (N-methyl/N-ethyl adjacent to an activating group) is 1. The summed E-state index contributed by atoms with van der Waals surface area (Å²) < 4.78 is 5.41. The van der Waals surface area contributed by atoms with Gasteiger partial charge in [-0.2, -0.15) is 5.26 Å². The Kier molecular flexibility index (Phi) is 5.38. The normalized spacial score (nSPS) is 17.1. The summed E-state index contributed by atoms with van der Waals surface area (Å²) in [4.78, 5) is 9.20. The second kappa shape index (κ2) is 7.08. The van der Waals surface area contributed by atoms with E-state index in [0.717, 1.165) is 55.5 Å². The van der Waals surface area contributed by atoms with E-state index >= 15 is 0 Å². The first kappa shape index (κ1) is 16.7. The molecule has 5 nitrogen and oxygen atoms in total. The second-order valence-electron chi connectivity index (χ2n) is 6.14. The topological polar surface area (TPSA) is 52.4 Å². The third-order valence-electron chi connectivity index (χ3n) is 4.66. The molecule has 22 heavy (non-hydrogen) atoms. The molecule has 0 aliphatic carbocycles. The van der Waals surface area contributed by atoms with Gasteiger partial charge in [-0.1, -0.05) is 0 Å². The van der Waals surface area contributed by atoms with Crippen LogP contribution in [0.5, 0.6) is 0 Å². The Balaban J connectivity index is 2.18. The molecule has 2 heterocycles. The van der Waals surface area contributed by atoms with Gasteiger partial charge in [0.1, 0.15) is 11.9 Å². The predicted octanol–water partition coefficient (Wildman–Crippen LogP) is 2.04. The Morgan fingerprint density at radius 1 is 1.27 bits per heavy atom. The van der Waals surface area contributed by atoms with E-state index in [1.54, 1.807) is 0 Å². The van der Waals surface area contributed by atoms with Crippen molar-refractivity contribution in [3.63, 3.8) is 0 Å². The molecule has 1 saturated heterocycles. The first-order valence-corrected chi connectivity index (χ1v) is 7.86. The van der Waals surface area contributed by atoms with Gasteiger partial charge in [0, 0.05) is 38.4 Å². The Hall–Kier alpha value is -1.64. The highest BCUT2D eigenvalue weighted by atomic mass is 16.5. The lowest BCUT2D eigenvalue weighted by molar-refractivity contribution is 0.0218.